The van der Waals surface area contributed by atoms with Crippen molar-refractivity contribution in [1.82, 2.24) is 9.97 Å². The molecule has 2 aromatic rings. The highest BCUT2D eigenvalue weighted by Crippen LogP contribution is 2.22. The van der Waals surface area contributed by atoms with Crippen molar-refractivity contribution in [2.24, 2.45) is 10.9 Å². The van der Waals surface area contributed by atoms with Gasteiger partial charge in [-0.2, -0.15) is 0 Å². The Morgan fingerprint density at radius 3 is 2.70 bits per heavy atom. The van der Waals surface area contributed by atoms with Crippen molar-refractivity contribution < 1.29 is 5.21 Å². The Bertz CT molecular complexity index is 654. The molecule has 0 saturated carbocycles. The molecule has 6 heteroatoms. The summed E-state index contributed by atoms with van der Waals surface area (Å²) < 4.78 is 0. The molecule has 6 nitrogen and oxygen atoms in total. The van der Waals surface area contributed by atoms with Crippen LogP contribution in [0.4, 0.5) is 11.5 Å². The van der Waals surface area contributed by atoms with Gasteiger partial charge >= 0.3 is 0 Å². The van der Waals surface area contributed by atoms with Crippen molar-refractivity contribution in [3.63, 3.8) is 0 Å². The predicted molar refractivity (Wildman–Crippen MR) is 78.5 cm³/mol. The Labute approximate surface area is 117 Å². The number of hydrogen-bond acceptors (Lipinski definition) is 5. The monoisotopic (exact) mass is 271 g/mol. The van der Waals surface area contributed by atoms with Crippen LogP contribution in [-0.2, 0) is 0 Å². The van der Waals surface area contributed by atoms with Crippen LogP contribution in [-0.4, -0.2) is 28.1 Å². The first-order chi connectivity index (χ1) is 9.52. The van der Waals surface area contributed by atoms with E-state index in [1.807, 2.05) is 44.0 Å². The largest absolute Gasteiger partial charge is 0.409 e. The molecule has 0 aliphatic heterocycles. The van der Waals surface area contributed by atoms with Crippen molar-refractivity contribution in [2.45, 2.75) is 13.8 Å². The number of benzene rings is 1. The summed E-state index contributed by atoms with van der Waals surface area (Å²) in [5.41, 5.74) is 8.93. The van der Waals surface area contributed by atoms with E-state index in [1.165, 1.54) is 0 Å². The molecule has 0 bridgehead atoms. The van der Waals surface area contributed by atoms with Gasteiger partial charge in [0.25, 0.3) is 0 Å². The predicted octanol–water partition coefficient (Wildman–Crippen LogP) is 1.96. The van der Waals surface area contributed by atoms with Gasteiger partial charge in [0.2, 0.25) is 0 Å². The van der Waals surface area contributed by atoms with E-state index in [-0.39, 0.29) is 5.84 Å². The summed E-state index contributed by atoms with van der Waals surface area (Å²) in [5, 5.41) is 11.7. The number of rotatable bonds is 3. The van der Waals surface area contributed by atoms with E-state index in [4.69, 9.17) is 10.9 Å². The maximum atomic E-state index is 8.73. The van der Waals surface area contributed by atoms with Gasteiger partial charge in [0, 0.05) is 18.3 Å². The van der Waals surface area contributed by atoms with Crippen molar-refractivity contribution in [2.75, 3.05) is 11.9 Å². The van der Waals surface area contributed by atoms with Crippen molar-refractivity contribution in [3.8, 4) is 0 Å². The van der Waals surface area contributed by atoms with Crippen LogP contribution in [0.15, 0.2) is 35.6 Å². The number of nitrogens with two attached hydrogens (primary N) is 1. The molecule has 0 unspecified atom stereocenters. The van der Waals surface area contributed by atoms with Gasteiger partial charge in [0.15, 0.2) is 11.7 Å². The van der Waals surface area contributed by atoms with Gasteiger partial charge in [-0.1, -0.05) is 17.3 Å². The smallest absolute Gasteiger partial charge is 0.170 e. The third-order valence-electron chi connectivity index (χ3n) is 3.16. The van der Waals surface area contributed by atoms with E-state index >= 15 is 0 Å². The number of oxime groups is 1. The van der Waals surface area contributed by atoms with Crippen LogP contribution in [0.3, 0.4) is 0 Å². The lowest BCUT2D eigenvalue weighted by Gasteiger charge is -2.19. The summed E-state index contributed by atoms with van der Waals surface area (Å²) in [4.78, 5) is 10.7. The average Bonchev–Trinajstić information content (AvgIpc) is 2.48. The lowest BCUT2D eigenvalue weighted by molar-refractivity contribution is 0.318. The number of hydrogen-bond donors (Lipinski definition) is 2. The highest BCUT2D eigenvalue weighted by molar-refractivity contribution is 5.97. The lowest BCUT2D eigenvalue weighted by Crippen LogP contribution is -2.16. The highest BCUT2D eigenvalue weighted by Gasteiger charge is 2.09. The molecule has 0 amide bonds. The van der Waals surface area contributed by atoms with Crippen molar-refractivity contribution in [1.29, 1.82) is 0 Å². The number of aromatic nitrogens is 2. The Balaban J connectivity index is 2.37. The van der Waals surface area contributed by atoms with Crippen molar-refractivity contribution >= 4 is 17.3 Å². The van der Waals surface area contributed by atoms with Crippen LogP contribution >= 0.6 is 0 Å². The Hall–Kier alpha value is -2.63. The van der Waals surface area contributed by atoms with Crippen LogP contribution in [0, 0.1) is 13.8 Å². The summed E-state index contributed by atoms with van der Waals surface area (Å²) in [6, 6.07) is 7.36. The lowest BCUT2D eigenvalue weighted by atomic mass is 10.2. The minimum Gasteiger partial charge on any atom is -0.409 e. The topological polar surface area (TPSA) is 87.6 Å². The van der Waals surface area contributed by atoms with Gasteiger partial charge in [-0.25, -0.2) is 4.98 Å². The second kappa shape index (κ2) is 5.56. The van der Waals surface area contributed by atoms with Gasteiger partial charge in [0.05, 0.1) is 17.6 Å². The Kier molecular flexibility index (Phi) is 3.84. The van der Waals surface area contributed by atoms with E-state index < -0.39 is 0 Å². The molecule has 0 atom stereocenters. The molecule has 0 aliphatic carbocycles. The van der Waals surface area contributed by atoms with Crippen molar-refractivity contribution in [3.05, 3.63) is 47.4 Å². The second-order valence-electron chi connectivity index (χ2n) is 4.49. The van der Waals surface area contributed by atoms with Crippen LogP contribution in [0.5, 0.6) is 0 Å². The third-order valence-corrected chi connectivity index (χ3v) is 3.16. The Morgan fingerprint density at radius 1 is 1.30 bits per heavy atom. The minimum absolute atomic E-state index is 0.0754. The number of aryl methyl sites for hydroxylation is 2. The van der Waals surface area contributed by atoms with Gasteiger partial charge in [-0.3, -0.25) is 4.98 Å². The quantitative estimate of drug-likeness (QED) is 0.385. The molecule has 0 radical (unpaired) electrons. The summed E-state index contributed by atoms with van der Waals surface area (Å²) in [6.45, 7) is 3.84. The number of amidine groups is 1. The van der Waals surface area contributed by atoms with Gasteiger partial charge in [-0.15, -0.1) is 0 Å². The fraction of sp³-hybridized carbons (Fsp3) is 0.214. The fourth-order valence-electron chi connectivity index (χ4n) is 1.76. The summed E-state index contributed by atoms with van der Waals surface area (Å²) in [5.74, 6) is 0.816. The van der Waals surface area contributed by atoms with Crippen LogP contribution in [0.2, 0.25) is 0 Å². The van der Waals surface area contributed by atoms with E-state index in [0.29, 0.717) is 5.56 Å². The molecule has 0 spiro atoms. The molecule has 0 saturated heterocycles. The summed E-state index contributed by atoms with van der Waals surface area (Å²) in [6.07, 6.45) is 1.72. The molecule has 104 valence electrons. The first-order valence-corrected chi connectivity index (χ1v) is 6.15. The number of anilines is 2. The van der Waals surface area contributed by atoms with Gasteiger partial charge < -0.3 is 15.8 Å². The maximum absolute atomic E-state index is 8.73. The molecule has 3 N–H and O–H groups in total. The molecule has 1 heterocycles. The van der Waals surface area contributed by atoms with E-state index in [0.717, 1.165) is 22.9 Å². The summed E-state index contributed by atoms with van der Waals surface area (Å²) in [7, 11) is 1.89. The summed E-state index contributed by atoms with van der Waals surface area (Å²) >= 11 is 0. The first-order valence-electron chi connectivity index (χ1n) is 6.15. The minimum atomic E-state index is 0.0754. The molecule has 0 aliphatic rings. The molecule has 1 aromatic heterocycles. The molecule has 20 heavy (non-hydrogen) atoms. The van der Waals surface area contributed by atoms with E-state index in [2.05, 4.69) is 15.1 Å². The van der Waals surface area contributed by atoms with Gasteiger partial charge in [0.1, 0.15) is 0 Å². The molecule has 1 aromatic carbocycles. The molecular formula is C14H17N5O. The van der Waals surface area contributed by atoms with Crippen LogP contribution in [0.1, 0.15) is 17.0 Å². The zero-order chi connectivity index (χ0) is 14.7. The van der Waals surface area contributed by atoms with E-state index in [1.54, 1.807) is 12.3 Å². The van der Waals surface area contributed by atoms with Crippen LogP contribution < -0.4 is 10.6 Å². The zero-order valence-electron chi connectivity index (χ0n) is 11.7. The van der Waals surface area contributed by atoms with Crippen LogP contribution in [0.25, 0.3) is 0 Å². The second-order valence-corrected chi connectivity index (χ2v) is 4.49. The highest BCUT2D eigenvalue weighted by atomic mass is 16.4. The Morgan fingerprint density at radius 2 is 2.05 bits per heavy atom. The molecule has 0 fully saturated rings. The number of nitrogens with zero attached hydrogens (tertiary/aromatic N) is 4. The standard InChI is InChI=1S/C14H17N5O/c1-9-10(2)17-13(8-16-9)19(3)12-6-4-5-11(7-12)14(15)18-20/h4-8,20H,1-3H3,(H2,15,18). The van der Waals surface area contributed by atoms with E-state index in [9.17, 15) is 0 Å². The SMILES string of the molecule is Cc1ncc(N(C)c2cccc(/C(N)=N/O)c2)nc1C. The maximum Gasteiger partial charge on any atom is 0.170 e. The third kappa shape index (κ3) is 2.69. The molecular weight excluding hydrogens is 254 g/mol. The molecule has 2 rings (SSSR count). The fourth-order valence-corrected chi connectivity index (χ4v) is 1.76. The average molecular weight is 271 g/mol. The van der Waals surface area contributed by atoms with Gasteiger partial charge in [-0.05, 0) is 26.0 Å². The zero-order valence-corrected chi connectivity index (χ0v) is 11.7. The first kappa shape index (κ1) is 13.8. The normalized spacial score (nSPS) is 11.4.